The fraction of sp³-hybridized carbons (Fsp3) is 0.294. The number of hydrogen-bond donors (Lipinski definition) is 2. The van der Waals surface area contributed by atoms with Crippen LogP contribution in [-0.2, 0) is 26.7 Å². The van der Waals surface area contributed by atoms with Gasteiger partial charge in [0.25, 0.3) is 20.2 Å². The highest BCUT2D eigenvalue weighted by Crippen LogP contribution is 2.27. The largest absolute Gasteiger partial charge is 0.294 e. The molecule has 0 spiro atoms. The summed E-state index contributed by atoms with van der Waals surface area (Å²) in [4.78, 5) is -0.414. The van der Waals surface area contributed by atoms with Crippen LogP contribution in [0, 0.1) is 0 Å². The van der Waals surface area contributed by atoms with E-state index >= 15 is 0 Å². The van der Waals surface area contributed by atoms with Gasteiger partial charge in [-0.05, 0) is 60.6 Å². The lowest BCUT2D eigenvalue weighted by molar-refractivity contribution is 0.426. The van der Waals surface area contributed by atoms with Crippen molar-refractivity contribution in [3.63, 3.8) is 0 Å². The maximum absolute atomic E-state index is 12.9. The molecule has 2 aromatic rings. The zero-order valence-corrected chi connectivity index (χ0v) is 15.4. The predicted octanol–water partition coefficient (Wildman–Crippen LogP) is 3.26. The van der Waals surface area contributed by atoms with E-state index in [2.05, 4.69) is 0 Å². The average Bonchev–Trinajstić information content (AvgIpc) is 2.57. The molecule has 1 atom stereocenters. The molecule has 0 saturated carbocycles. The van der Waals surface area contributed by atoms with Gasteiger partial charge in [0.05, 0.1) is 16.5 Å². The van der Waals surface area contributed by atoms with Crippen molar-refractivity contribution in [1.29, 1.82) is 0 Å². The van der Waals surface area contributed by atoms with Gasteiger partial charge in [-0.1, -0.05) is 24.3 Å². The number of hydrogen-bond acceptors (Lipinski definition) is 4. The molecule has 142 valence electrons. The van der Waals surface area contributed by atoms with Crippen LogP contribution in [-0.4, -0.2) is 32.6 Å². The Kier molecular flexibility index (Phi) is 6.51. The Labute approximate surface area is 152 Å². The van der Waals surface area contributed by atoms with Gasteiger partial charge in [-0.2, -0.15) is 16.8 Å². The normalized spacial score (nSPS) is 13.5. The summed E-state index contributed by atoms with van der Waals surface area (Å²) < 4.78 is 75.1. The quantitative estimate of drug-likeness (QED) is 0.656. The molecule has 0 bridgehead atoms. The maximum Gasteiger partial charge on any atom is 0.294 e. The lowest BCUT2D eigenvalue weighted by atomic mass is 9.90. The number of rotatable bonds is 8. The molecule has 0 aliphatic rings. The van der Waals surface area contributed by atoms with E-state index in [0.29, 0.717) is 12.8 Å². The second-order valence-electron chi connectivity index (χ2n) is 5.88. The summed E-state index contributed by atoms with van der Waals surface area (Å²) in [5, 5.41) is 0. The van der Waals surface area contributed by atoms with E-state index < -0.39 is 26.9 Å². The van der Waals surface area contributed by atoms with Crippen molar-refractivity contribution in [1.82, 2.24) is 0 Å². The van der Waals surface area contributed by atoms with Gasteiger partial charge >= 0.3 is 0 Å². The summed E-state index contributed by atoms with van der Waals surface area (Å²) in [6, 6.07) is 11.4. The van der Waals surface area contributed by atoms with Gasteiger partial charge in [0, 0.05) is 0 Å². The highest BCUT2D eigenvalue weighted by Gasteiger charge is 2.15. The van der Waals surface area contributed by atoms with Gasteiger partial charge in [0.15, 0.2) is 0 Å². The first kappa shape index (κ1) is 20.5. The summed E-state index contributed by atoms with van der Waals surface area (Å²) in [5.74, 6) is -0.156. The summed E-state index contributed by atoms with van der Waals surface area (Å²) in [6.07, 6.45) is 1.38. The topological polar surface area (TPSA) is 109 Å². The van der Waals surface area contributed by atoms with E-state index in [0.717, 1.165) is 11.1 Å². The summed E-state index contributed by atoms with van der Waals surface area (Å²) in [7, 11) is -8.51. The zero-order valence-electron chi connectivity index (χ0n) is 13.7. The lowest BCUT2D eigenvalue weighted by Crippen LogP contribution is -2.04. The molecule has 6 nitrogen and oxygen atoms in total. The molecule has 0 radical (unpaired) electrons. The smallest absolute Gasteiger partial charge is 0.282 e. The van der Waals surface area contributed by atoms with Crippen molar-refractivity contribution in [3.8, 4) is 0 Å². The first-order chi connectivity index (χ1) is 12.1. The molecule has 0 aromatic heterocycles. The number of alkyl halides is 1. The van der Waals surface area contributed by atoms with Crippen molar-refractivity contribution >= 4 is 20.2 Å². The van der Waals surface area contributed by atoms with Gasteiger partial charge in [-0.25, -0.2) is 0 Å². The Bertz CT molecular complexity index is 936. The summed E-state index contributed by atoms with van der Waals surface area (Å²) in [6.45, 7) is -0.535. The number of halogens is 1. The lowest BCUT2D eigenvalue weighted by Gasteiger charge is -2.16. The van der Waals surface area contributed by atoms with Gasteiger partial charge in [-0.3, -0.25) is 13.5 Å². The fourth-order valence-electron chi connectivity index (χ4n) is 2.69. The van der Waals surface area contributed by atoms with Crippen molar-refractivity contribution < 1.29 is 30.3 Å². The highest BCUT2D eigenvalue weighted by molar-refractivity contribution is 7.86. The molecule has 26 heavy (non-hydrogen) atoms. The third-order valence-electron chi connectivity index (χ3n) is 4.11. The minimum atomic E-state index is -4.27. The first-order valence-corrected chi connectivity index (χ1v) is 10.7. The van der Waals surface area contributed by atoms with Crippen LogP contribution in [0.3, 0.4) is 0 Å². The number of aryl methyl sites for hydroxylation is 1. The molecule has 2 N–H and O–H groups in total. The second kappa shape index (κ2) is 8.26. The van der Waals surface area contributed by atoms with Crippen LogP contribution in [0.2, 0.25) is 0 Å². The number of benzene rings is 2. The molecule has 2 aromatic carbocycles. The van der Waals surface area contributed by atoms with Gasteiger partial charge in [0.1, 0.15) is 0 Å². The van der Waals surface area contributed by atoms with Crippen molar-refractivity contribution in [2.24, 2.45) is 0 Å². The molecule has 0 aliphatic heterocycles. The Morgan fingerprint density at radius 3 is 1.65 bits per heavy atom. The highest BCUT2D eigenvalue weighted by atomic mass is 32.2. The summed E-state index contributed by atoms with van der Waals surface area (Å²) in [5.41, 5.74) is 1.58. The van der Waals surface area contributed by atoms with Crippen molar-refractivity contribution in [2.45, 2.75) is 35.0 Å². The molecular weight excluding hydrogens is 383 g/mol. The summed E-state index contributed by atoms with van der Waals surface area (Å²) >= 11 is 0. The Balaban J connectivity index is 2.11. The molecule has 0 heterocycles. The Morgan fingerprint density at radius 2 is 1.23 bits per heavy atom. The van der Waals surface area contributed by atoms with Crippen LogP contribution >= 0.6 is 0 Å². The van der Waals surface area contributed by atoms with E-state index in [1.807, 2.05) is 0 Å². The molecule has 0 fully saturated rings. The van der Waals surface area contributed by atoms with Crippen LogP contribution in [0.25, 0.3) is 0 Å². The Hall–Kier alpha value is -1.81. The molecule has 9 heteroatoms. The minimum absolute atomic E-state index is 0.156. The molecule has 0 amide bonds. The van der Waals surface area contributed by atoms with Gasteiger partial charge < -0.3 is 0 Å². The molecule has 2 rings (SSSR count). The molecule has 1 unspecified atom stereocenters. The second-order valence-corrected chi connectivity index (χ2v) is 8.72. The van der Waals surface area contributed by atoms with Crippen LogP contribution in [0.5, 0.6) is 0 Å². The van der Waals surface area contributed by atoms with E-state index in [-0.39, 0.29) is 22.1 Å². The molecule has 0 aliphatic carbocycles. The minimum Gasteiger partial charge on any atom is -0.282 e. The molecular formula is C17H19FO6S2. The average molecular weight is 402 g/mol. The fourth-order valence-corrected chi connectivity index (χ4v) is 3.65. The van der Waals surface area contributed by atoms with E-state index in [1.165, 1.54) is 24.3 Å². The van der Waals surface area contributed by atoms with Gasteiger partial charge in [-0.15, -0.1) is 0 Å². The predicted molar refractivity (Wildman–Crippen MR) is 94.2 cm³/mol. The van der Waals surface area contributed by atoms with Crippen LogP contribution in [0.15, 0.2) is 58.3 Å². The Morgan fingerprint density at radius 1 is 0.769 bits per heavy atom. The van der Waals surface area contributed by atoms with E-state index in [1.54, 1.807) is 24.3 Å². The first-order valence-electron chi connectivity index (χ1n) is 7.81. The van der Waals surface area contributed by atoms with E-state index in [4.69, 9.17) is 9.11 Å². The van der Waals surface area contributed by atoms with Crippen LogP contribution in [0.1, 0.15) is 29.9 Å². The third kappa shape index (κ3) is 5.60. The zero-order chi connectivity index (χ0) is 19.4. The SMILES string of the molecule is O=S(=O)(O)c1ccc(CCC(CCF)c2ccc(S(=O)(=O)O)cc2)cc1. The van der Waals surface area contributed by atoms with Crippen molar-refractivity contribution in [2.75, 3.05) is 6.67 Å². The maximum atomic E-state index is 12.9. The van der Waals surface area contributed by atoms with Crippen LogP contribution in [0.4, 0.5) is 4.39 Å². The van der Waals surface area contributed by atoms with Crippen LogP contribution < -0.4 is 0 Å². The van der Waals surface area contributed by atoms with Crippen molar-refractivity contribution in [3.05, 3.63) is 59.7 Å². The van der Waals surface area contributed by atoms with E-state index in [9.17, 15) is 21.2 Å². The molecule has 0 saturated heterocycles. The standard InChI is InChI=1S/C17H19FO6S2/c18-12-11-15(14-5-9-17(10-6-14)26(22,23)24)4-1-13-2-7-16(8-3-13)25(19,20)21/h2-3,5-10,15H,1,4,11-12H2,(H,19,20,21)(H,22,23,24). The third-order valence-corrected chi connectivity index (χ3v) is 5.85. The monoisotopic (exact) mass is 402 g/mol. The van der Waals surface area contributed by atoms with Gasteiger partial charge in [0.2, 0.25) is 0 Å².